The van der Waals surface area contributed by atoms with Crippen molar-refractivity contribution in [3.63, 3.8) is 0 Å². The van der Waals surface area contributed by atoms with Gasteiger partial charge in [0, 0.05) is 25.7 Å². The van der Waals surface area contributed by atoms with Crippen molar-refractivity contribution in [3.05, 3.63) is 207 Å². The minimum absolute atomic E-state index is 0.0129. The van der Waals surface area contributed by atoms with Gasteiger partial charge in [0.25, 0.3) is 0 Å². The van der Waals surface area contributed by atoms with E-state index in [9.17, 15) is 43.2 Å². The number of aliphatic hydroxyl groups is 1. The summed E-state index contributed by atoms with van der Waals surface area (Å²) < 4.78 is 68.5. The van der Waals surface area contributed by atoms with E-state index in [1.165, 1.54) is 64.2 Å². The van der Waals surface area contributed by atoms with Crippen molar-refractivity contribution in [1.82, 2.24) is 0 Å². The van der Waals surface area contributed by atoms with Crippen LogP contribution in [0, 0.1) is 0 Å². The van der Waals surface area contributed by atoms with Crippen LogP contribution in [-0.2, 0) is 65.4 Å². The first-order valence-corrected chi connectivity index (χ1v) is 45.3. The third-order valence-corrected chi connectivity index (χ3v) is 18.6. The topological polar surface area (TPSA) is 237 Å². The standard InChI is InChI=1S/C93H148O17P2/c1-5-9-13-17-21-25-29-33-37-40-43-46-50-53-57-61-65-69-73-77-90(95)103-83-88(109-92(97)79-75-71-67-63-59-55-49-36-32-28-24-20-16-12-8-4)85-107-111(99,100)105-81-87(94)82-106-112(101,102)108-86-89(110-93(98)80-76-72-68-64-60-56-52-48-45-42-39-35-31-27-23-19-15-11-7-3)84-104-91(96)78-74-70-66-62-58-54-51-47-44-41-38-34-30-26-22-18-14-10-6-2/h9,13,21-23,25-28,32-35,37-39,43-48,53-54,56-58,60,65-66,68-70,72,87-89,94H,5-8,10-12,14-20,24,29-31,36,40-42,49-52,55,59,61-64,67,71,73-86H2,1-4H3,(H,99,100)(H,101,102)/b13-9-,25-21-,26-22-,27-23-,32-28-,37-33-,38-34-,39-35-,46-43-,47-44-,48-45-,57-53-,58-54-,60-56-,69-65-,70-66-,72-68-/t87-,88-,89-/m1/s1. The fourth-order valence-corrected chi connectivity index (χ4v) is 11.9. The Kier molecular flexibility index (Phi) is 77.9. The normalized spacial score (nSPS) is 14.8. The number of carbonyl (C=O) groups is 4. The molecule has 632 valence electrons. The molecule has 2 unspecified atom stereocenters. The monoisotopic (exact) mass is 1600 g/mol. The summed E-state index contributed by atoms with van der Waals surface area (Å²) in [6.07, 6.45) is 104. The molecule has 0 saturated heterocycles. The second-order valence-electron chi connectivity index (χ2n) is 27.3. The summed E-state index contributed by atoms with van der Waals surface area (Å²) in [5.74, 6) is -2.49. The van der Waals surface area contributed by atoms with Crippen molar-refractivity contribution >= 4 is 39.5 Å². The largest absolute Gasteiger partial charge is 0.472 e. The lowest BCUT2D eigenvalue weighted by Gasteiger charge is -2.21. The fraction of sp³-hybridized carbons (Fsp3) is 0.591. The SMILES string of the molecule is CC/C=C\C/C=C\C/C=C\C/C=C\C/C=C\C/C=C\CCC(=O)OC[C@H](COP(=O)(O)OC[C@@H](O)COP(=O)(O)OC[C@@H](COC(=O)CC/C=C\C/C=C\C/C=C\C/C=C\C/C=C\CCCCC)OC(=O)CC/C=C\C/C=C\C/C=C\C/C=C\C/C=C\CCCCC)OC(=O)CCCCCCCCC/C=C\CCCCCC. The first-order valence-electron chi connectivity index (χ1n) is 42.3. The molecule has 112 heavy (non-hydrogen) atoms. The van der Waals surface area contributed by atoms with Crippen LogP contribution in [0.5, 0.6) is 0 Å². The Labute approximate surface area is 678 Å². The smallest absolute Gasteiger partial charge is 0.462 e. The van der Waals surface area contributed by atoms with Crippen molar-refractivity contribution in [2.45, 2.75) is 316 Å². The molecule has 19 heteroatoms. The summed E-state index contributed by atoms with van der Waals surface area (Å²) in [6, 6.07) is 0. The van der Waals surface area contributed by atoms with E-state index in [2.05, 4.69) is 180 Å². The highest BCUT2D eigenvalue weighted by molar-refractivity contribution is 7.47. The third kappa shape index (κ3) is 81.6. The van der Waals surface area contributed by atoms with Crippen LogP contribution in [0.1, 0.15) is 297 Å². The summed E-state index contributed by atoms with van der Waals surface area (Å²) in [4.78, 5) is 73.1. The highest BCUT2D eigenvalue weighted by atomic mass is 31.2. The van der Waals surface area contributed by atoms with Crippen molar-refractivity contribution in [1.29, 1.82) is 0 Å². The Bertz CT molecular complexity index is 2940. The lowest BCUT2D eigenvalue weighted by Crippen LogP contribution is -2.30. The van der Waals surface area contributed by atoms with Gasteiger partial charge in [-0.1, -0.05) is 311 Å². The maximum Gasteiger partial charge on any atom is 0.472 e. The van der Waals surface area contributed by atoms with E-state index in [1.54, 1.807) is 0 Å². The van der Waals surface area contributed by atoms with Gasteiger partial charge in [-0.3, -0.25) is 37.3 Å². The molecule has 0 bridgehead atoms. The molecule has 0 aliphatic heterocycles. The van der Waals surface area contributed by atoms with E-state index in [1.807, 2.05) is 54.7 Å². The molecule has 3 N–H and O–H groups in total. The summed E-state index contributed by atoms with van der Waals surface area (Å²) in [5, 5.41) is 10.7. The molecule has 0 heterocycles. The van der Waals surface area contributed by atoms with Crippen molar-refractivity contribution < 1.29 is 80.2 Å². The average Bonchev–Trinajstić information content (AvgIpc) is 0.898. The Morgan fingerprint density at radius 2 is 0.482 bits per heavy atom. The maximum atomic E-state index is 13.1. The third-order valence-electron chi connectivity index (χ3n) is 16.7. The maximum absolute atomic E-state index is 13.1. The number of phosphoric acid groups is 2. The predicted molar refractivity (Wildman–Crippen MR) is 463 cm³/mol. The van der Waals surface area contributed by atoms with Crippen LogP contribution >= 0.6 is 15.6 Å². The summed E-state index contributed by atoms with van der Waals surface area (Å²) in [6.45, 7) is 4.42. The van der Waals surface area contributed by atoms with Crippen LogP contribution in [0.2, 0.25) is 0 Å². The molecular formula is C93H148O17P2. The molecule has 5 atom stereocenters. The van der Waals surface area contributed by atoms with E-state index in [0.717, 1.165) is 135 Å². The zero-order chi connectivity index (χ0) is 81.7. The zero-order valence-corrected chi connectivity index (χ0v) is 71.0. The quantitative estimate of drug-likeness (QED) is 0.0169. The van der Waals surface area contributed by atoms with Crippen molar-refractivity contribution in [2.24, 2.45) is 0 Å². The minimum atomic E-state index is -5.03. The Morgan fingerprint density at radius 3 is 0.795 bits per heavy atom. The van der Waals surface area contributed by atoms with E-state index in [4.69, 9.17) is 37.0 Å². The van der Waals surface area contributed by atoms with Crippen LogP contribution < -0.4 is 0 Å². The second-order valence-corrected chi connectivity index (χ2v) is 30.2. The molecule has 0 rings (SSSR count). The van der Waals surface area contributed by atoms with Crippen LogP contribution in [0.3, 0.4) is 0 Å². The van der Waals surface area contributed by atoms with Gasteiger partial charge in [0.15, 0.2) is 12.2 Å². The van der Waals surface area contributed by atoms with Gasteiger partial charge in [-0.15, -0.1) is 0 Å². The molecule has 0 spiro atoms. The van der Waals surface area contributed by atoms with Gasteiger partial charge in [-0.25, -0.2) is 9.13 Å². The number of hydrogen-bond donors (Lipinski definition) is 3. The molecule has 0 fully saturated rings. The first-order chi connectivity index (χ1) is 54.7. The molecule has 0 aromatic rings. The highest BCUT2D eigenvalue weighted by Gasteiger charge is 2.30. The fourth-order valence-electron chi connectivity index (χ4n) is 10.3. The number of unbranched alkanes of at least 4 members (excludes halogenated alkanes) is 17. The highest BCUT2D eigenvalue weighted by Crippen LogP contribution is 2.45. The molecular weight excluding hydrogens is 1450 g/mol. The molecule has 0 aromatic heterocycles. The average molecular weight is 1600 g/mol. The number of esters is 4. The van der Waals surface area contributed by atoms with E-state index < -0.39 is 97.5 Å². The molecule has 0 aromatic carbocycles. The number of aliphatic hydroxyl groups excluding tert-OH is 1. The van der Waals surface area contributed by atoms with Crippen LogP contribution in [-0.4, -0.2) is 96.7 Å². The summed E-state index contributed by atoms with van der Waals surface area (Å²) in [7, 11) is -10.1. The van der Waals surface area contributed by atoms with Crippen LogP contribution in [0.15, 0.2) is 207 Å². The molecule has 17 nitrogen and oxygen atoms in total. The molecule has 0 amide bonds. The number of allylic oxidation sites excluding steroid dienone is 34. The van der Waals surface area contributed by atoms with Gasteiger partial charge in [-0.2, -0.15) is 0 Å². The van der Waals surface area contributed by atoms with Gasteiger partial charge in [0.1, 0.15) is 19.3 Å². The van der Waals surface area contributed by atoms with Crippen LogP contribution in [0.25, 0.3) is 0 Å². The van der Waals surface area contributed by atoms with Gasteiger partial charge >= 0.3 is 39.5 Å². The summed E-state index contributed by atoms with van der Waals surface area (Å²) in [5.41, 5.74) is 0. The van der Waals surface area contributed by atoms with Gasteiger partial charge in [0.2, 0.25) is 0 Å². The van der Waals surface area contributed by atoms with Crippen molar-refractivity contribution in [2.75, 3.05) is 39.6 Å². The number of carbonyl (C=O) groups excluding carboxylic acids is 4. The van der Waals surface area contributed by atoms with Crippen LogP contribution in [0.4, 0.5) is 0 Å². The molecule has 0 aliphatic carbocycles. The molecule has 0 saturated carbocycles. The van der Waals surface area contributed by atoms with E-state index in [-0.39, 0.29) is 25.7 Å². The Balaban J connectivity index is 5.60. The van der Waals surface area contributed by atoms with Gasteiger partial charge in [-0.05, 0) is 167 Å². The first kappa shape index (κ1) is 106. The number of phosphoric ester groups is 2. The van der Waals surface area contributed by atoms with E-state index >= 15 is 0 Å². The zero-order valence-electron chi connectivity index (χ0n) is 69.3. The lowest BCUT2D eigenvalue weighted by molar-refractivity contribution is -0.161. The predicted octanol–water partition coefficient (Wildman–Crippen LogP) is 25.4. The second kappa shape index (κ2) is 82.6. The lowest BCUT2D eigenvalue weighted by atomic mass is 10.1. The number of hydrogen-bond acceptors (Lipinski definition) is 15. The number of rotatable bonds is 77. The number of ether oxygens (including phenoxy) is 4. The minimum Gasteiger partial charge on any atom is -0.462 e. The van der Waals surface area contributed by atoms with E-state index in [0.29, 0.717) is 44.9 Å². The van der Waals surface area contributed by atoms with Gasteiger partial charge in [0.05, 0.1) is 26.4 Å². The molecule has 0 aliphatic rings. The molecule has 0 radical (unpaired) electrons. The van der Waals surface area contributed by atoms with Crippen molar-refractivity contribution in [3.8, 4) is 0 Å². The Hall–Kier alpha value is -6.36. The van der Waals surface area contributed by atoms with Gasteiger partial charge < -0.3 is 33.8 Å². The summed E-state index contributed by atoms with van der Waals surface area (Å²) >= 11 is 0. The Morgan fingerprint density at radius 1 is 0.259 bits per heavy atom.